The molecule has 3 amide bonds. The van der Waals surface area contributed by atoms with Crippen molar-refractivity contribution in [3.05, 3.63) is 130 Å². The van der Waals surface area contributed by atoms with Crippen LogP contribution in [0, 0.1) is 0 Å². The van der Waals surface area contributed by atoms with Crippen molar-refractivity contribution in [1.29, 1.82) is 0 Å². The lowest BCUT2D eigenvalue weighted by Gasteiger charge is -2.20. The quantitative estimate of drug-likeness (QED) is 0.268. The molecule has 0 fully saturated rings. The highest BCUT2D eigenvalue weighted by Gasteiger charge is 2.24. The molecule has 0 radical (unpaired) electrons. The van der Waals surface area contributed by atoms with E-state index in [2.05, 4.69) is 31.9 Å². The standard InChI is InChI=1S/C29H24BrN3O3/c30-23-16-8-10-18-25(23)32-29(36)26(19-20-11-3-1-4-12-20)33-28(35)22-15-7-9-17-24(22)31-27(34)21-13-5-2-6-14-21/h1-18,26H,19H2,(H,31,34)(H,32,36)(H,33,35). The lowest BCUT2D eigenvalue weighted by atomic mass is 10.0. The summed E-state index contributed by atoms with van der Waals surface area (Å²) in [5.41, 5.74) is 2.59. The van der Waals surface area contributed by atoms with Gasteiger partial charge in [-0.3, -0.25) is 14.4 Å². The molecule has 3 N–H and O–H groups in total. The Morgan fingerprint density at radius 3 is 1.92 bits per heavy atom. The number of carbonyl (C=O) groups excluding carboxylic acids is 3. The molecule has 0 aliphatic heterocycles. The number of nitrogens with one attached hydrogen (secondary N) is 3. The highest BCUT2D eigenvalue weighted by atomic mass is 79.9. The summed E-state index contributed by atoms with van der Waals surface area (Å²) in [6.07, 6.45) is 0.293. The molecule has 180 valence electrons. The molecule has 0 bridgehead atoms. The fraction of sp³-hybridized carbons (Fsp3) is 0.0690. The molecular formula is C29H24BrN3O3. The maximum atomic E-state index is 13.4. The fourth-order valence-electron chi connectivity index (χ4n) is 3.65. The minimum atomic E-state index is -0.857. The predicted octanol–water partition coefficient (Wildman–Crippen LogP) is 5.68. The molecule has 0 aliphatic carbocycles. The van der Waals surface area contributed by atoms with E-state index in [1.165, 1.54) is 0 Å². The first-order valence-corrected chi connectivity index (χ1v) is 12.2. The van der Waals surface area contributed by atoms with E-state index in [1.807, 2.05) is 54.6 Å². The lowest BCUT2D eigenvalue weighted by Crippen LogP contribution is -2.45. The number of amides is 3. The van der Waals surface area contributed by atoms with Gasteiger partial charge in [-0.2, -0.15) is 0 Å². The van der Waals surface area contributed by atoms with E-state index >= 15 is 0 Å². The molecule has 1 unspecified atom stereocenters. The second kappa shape index (κ2) is 12.0. The van der Waals surface area contributed by atoms with Crippen LogP contribution in [0.2, 0.25) is 0 Å². The predicted molar refractivity (Wildman–Crippen MR) is 145 cm³/mol. The van der Waals surface area contributed by atoms with Gasteiger partial charge in [-0.05, 0) is 57.9 Å². The zero-order chi connectivity index (χ0) is 25.3. The highest BCUT2D eigenvalue weighted by Crippen LogP contribution is 2.22. The Morgan fingerprint density at radius 1 is 0.639 bits per heavy atom. The third-order valence-corrected chi connectivity index (χ3v) is 6.18. The minimum absolute atomic E-state index is 0.258. The Balaban J connectivity index is 1.56. The van der Waals surface area contributed by atoms with Crippen molar-refractivity contribution in [1.82, 2.24) is 5.32 Å². The van der Waals surface area contributed by atoms with Gasteiger partial charge in [-0.25, -0.2) is 0 Å². The summed E-state index contributed by atoms with van der Waals surface area (Å²) < 4.78 is 0.733. The van der Waals surface area contributed by atoms with E-state index in [9.17, 15) is 14.4 Å². The fourth-order valence-corrected chi connectivity index (χ4v) is 4.04. The second-order valence-electron chi connectivity index (χ2n) is 8.05. The Hall–Kier alpha value is -4.23. The van der Waals surface area contributed by atoms with Gasteiger partial charge in [-0.15, -0.1) is 0 Å². The van der Waals surface area contributed by atoms with Crippen LogP contribution in [0.1, 0.15) is 26.3 Å². The number of hydrogen-bond donors (Lipinski definition) is 3. The van der Waals surface area contributed by atoms with Crippen LogP contribution in [0.15, 0.2) is 114 Å². The van der Waals surface area contributed by atoms with Gasteiger partial charge in [0, 0.05) is 16.5 Å². The van der Waals surface area contributed by atoms with Crippen molar-refractivity contribution in [2.24, 2.45) is 0 Å². The lowest BCUT2D eigenvalue weighted by molar-refractivity contribution is -0.118. The third kappa shape index (κ3) is 6.46. The molecular weight excluding hydrogens is 518 g/mol. The molecule has 6 nitrogen and oxygen atoms in total. The van der Waals surface area contributed by atoms with Crippen molar-refractivity contribution < 1.29 is 14.4 Å². The van der Waals surface area contributed by atoms with Crippen LogP contribution < -0.4 is 16.0 Å². The Bertz CT molecular complexity index is 1360. The number of halogens is 1. The maximum Gasteiger partial charge on any atom is 0.255 e. The summed E-state index contributed by atoms with van der Waals surface area (Å²) >= 11 is 3.44. The Kier molecular flexibility index (Phi) is 8.26. The average molecular weight is 542 g/mol. The summed E-state index contributed by atoms with van der Waals surface area (Å²) in [5.74, 6) is -1.16. The molecule has 0 saturated heterocycles. The van der Waals surface area contributed by atoms with Crippen LogP contribution in [-0.2, 0) is 11.2 Å². The topological polar surface area (TPSA) is 87.3 Å². The van der Waals surface area contributed by atoms with E-state index < -0.39 is 11.9 Å². The molecule has 36 heavy (non-hydrogen) atoms. The third-order valence-electron chi connectivity index (χ3n) is 5.49. The molecule has 0 heterocycles. The molecule has 4 rings (SSSR count). The molecule has 0 aliphatic rings. The van der Waals surface area contributed by atoms with Crippen molar-refractivity contribution in [3.63, 3.8) is 0 Å². The van der Waals surface area contributed by atoms with E-state index in [0.29, 0.717) is 23.4 Å². The van der Waals surface area contributed by atoms with E-state index in [0.717, 1.165) is 10.0 Å². The Morgan fingerprint density at radius 2 is 1.22 bits per heavy atom. The summed E-state index contributed by atoms with van der Waals surface area (Å²) in [6.45, 7) is 0. The monoisotopic (exact) mass is 541 g/mol. The molecule has 1 atom stereocenters. The first-order valence-electron chi connectivity index (χ1n) is 11.4. The van der Waals surface area contributed by atoms with Crippen LogP contribution in [0.3, 0.4) is 0 Å². The molecule has 7 heteroatoms. The molecule has 0 saturated carbocycles. The van der Waals surface area contributed by atoms with Crippen molar-refractivity contribution in [2.75, 3.05) is 10.6 Å². The van der Waals surface area contributed by atoms with Crippen molar-refractivity contribution in [3.8, 4) is 0 Å². The smallest absolute Gasteiger partial charge is 0.255 e. The van der Waals surface area contributed by atoms with Crippen molar-refractivity contribution >= 4 is 45.0 Å². The maximum absolute atomic E-state index is 13.4. The molecule has 4 aromatic carbocycles. The number of carbonyl (C=O) groups is 3. The summed E-state index contributed by atoms with van der Waals surface area (Å²) in [5, 5.41) is 8.54. The van der Waals surface area contributed by atoms with E-state index in [4.69, 9.17) is 0 Å². The van der Waals surface area contributed by atoms with Crippen LogP contribution in [0.5, 0.6) is 0 Å². The number of para-hydroxylation sites is 2. The van der Waals surface area contributed by atoms with Crippen LogP contribution in [0.4, 0.5) is 11.4 Å². The van der Waals surface area contributed by atoms with Gasteiger partial charge in [-0.1, -0.05) is 72.8 Å². The van der Waals surface area contributed by atoms with Crippen LogP contribution in [-0.4, -0.2) is 23.8 Å². The van der Waals surface area contributed by atoms with E-state index in [1.54, 1.807) is 54.6 Å². The first-order chi connectivity index (χ1) is 17.5. The van der Waals surface area contributed by atoms with Gasteiger partial charge in [0.1, 0.15) is 6.04 Å². The number of benzene rings is 4. The Labute approximate surface area is 217 Å². The number of hydrogen-bond acceptors (Lipinski definition) is 3. The van der Waals surface area contributed by atoms with Crippen LogP contribution in [0.25, 0.3) is 0 Å². The molecule has 0 spiro atoms. The molecule has 0 aromatic heterocycles. The van der Waals surface area contributed by atoms with Gasteiger partial charge >= 0.3 is 0 Å². The normalized spacial score (nSPS) is 11.2. The number of anilines is 2. The van der Waals surface area contributed by atoms with Gasteiger partial charge in [0.15, 0.2) is 0 Å². The van der Waals surface area contributed by atoms with Crippen molar-refractivity contribution in [2.45, 2.75) is 12.5 Å². The van der Waals surface area contributed by atoms with Gasteiger partial charge in [0.05, 0.1) is 16.9 Å². The summed E-state index contributed by atoms with van der Waals surface area (Å²) in [4.78, 5) is 39.3. The highest BCUT2D eigenvalue weighted by molar-refractivity contribution is 9.10. The van der Waals surface area contributed by atoms with Gasteiger partial charge in [0.25, 0.3) is 11.8 Å². The minimum Gasteiger partial charge on any atom is -0.340 e. The van der Waals surface area contributed by atoms with Gasteiger partial charge < -0.3 is 16.0 Å². The van der Waals surface area contributed by atoms with Crippen LogP contribution >= 0.6 is 15.9 Å². The number of rotatable bonds is 8. The second-order valence-corrected chi connectivity index (χ2v) is 8.90. The largest absolute Gasteiger partial charge is 0.340 e. The van der Waals surface area contributed by atoms with E-state index in [-0.39, 0.29) is 17.4 Å². The first kappa shape index (κ1) is 24.9. The summed E-state index contributed by atoms with van der Waals surface area (Å²) in [7, 11) is 0. The average Bonchev–Trinajstić information content (AvgIpc) is 2.91. The van der Waals surface area contributed by atoms with Gasteiger partial charge in [0.2, 0.25) is 5.91 Å². The molecule has 4 aromatic rings. The zero-order valence-electron chi connectivity index (χ0n) is 19.3. The SMILES string of the molecule is O=C(Nc1ccccc1C(=O)NC(Cc1ccccc1)C(=O)Nc1ccccc1Br)c1ccccc1. The summed E-state index contributed by atoms with van der Waals surface area (Å²) in [6, 6.07) is 31.3. The zero-order valence-corrected chi connectivity index (χ0v) is 20.9.